The summed E-state index contributed by atoms with van der Waals surface area (Å²) >= 11 is 0. The number of nitrogens with one attached hydrogen (secondary N) is 1. The van der Waals surface area contributed by atoms with E-state index in [1.165, 1.54) is 0 Å². The molecule has 0 saturated carbocycles. The summed E-state index contributed by atoms with van der Waals surface area (Å²) in [6, 6.07) is 0. The highest BCUT2D eigenvalue weighted by atomic mass is 16.5. The van der Waals surface area contributed by atoms with Gasteiger partial charge in [-0.1, -0.05) is 0 Å². The van der Waals surface area contributed by atoms with E-state index in [0.717, 1.165) is 19.4 Å². The fourth-order valence-corrected chi connectivity index (χ4v) is 1.83. The van der Waals surface area contributed by atoms with Crippen molar-refractivity contribution >= 4 is 0 Å². The minimum atomic E-state index is -0.382. The quantitative estimate of drug-likeness (QED) is 0.874. The van der Waals surface area contributed by atoms with E-state index in [-0.39, 0.29) is 11.1 Å². The number of nitrogens with zero attached hydrogens (tertiary/aromatic N) is 2. The van der Waals surface area contributed by atoms with Gasteiger partial charge in [0.15, 0.2) is 0 Å². The maximum atomic E-state index is 5.67. The van der Waals surface area contributed by atoms with Gasteiger partial charge in [-0.25, -0.2) is 0 Å². The molecule has 1 aromatic rings. The molecule has 5 nitrogen and oxygen atoms in total. The van der Waals surface area contributed by atoms with Crippen molar-refractivity contribution in [3.8, 4) is 0 Å². The molecule has 0 radical (unpaired) electrons. The van der Waals surface area contributed by atoms with Gasteiger partial charge in [-0.2, -0.15) is 0 Å². The fraction of sp³-hybridized carbons (Fsp3) is 0.833. The largest absolute Gasteiger partial charge is 0.421 e. The van der Waals surface area contributed by atoms with Gasteiger partial charge in [0, 0.05) is 12.1 Å². The summed E-state index contributed by atoms with van der Waals surface area (Å²) in [6.45, 7) is 9.68. The molecule has 1 aliphatic rings. The lowest BCUT2D eigenvalue weighted by Gasteiger charge is -2.19. The summed E-state index contributed by atoms with van der Waals surface area (Å²) < 4.78 is 11.3. The van der Waals surface area contributed by atoms with Crippen molar-refractivity contribution < 1.29 is 9.15 Å². The predicted molar refractivity (Wildman–Crippen MR) is 63.4 cm³/mol. The third kappa shape index (κ3) is 3.04. The minimum Gasteiger partial charge on any atom is -0.421 e. The zero-order chi connectivity index (χ0) is 12.5. The molecule has 1 unspecified atom stereocenters. The van der Waals surface area contributed by atoms with Crippen LogP contribution in [0.4, 0.5) is 0 Å². The Labute approximate surface area is 102 Å². The van der Waals surface area contributed by atoms with Gasteiger partial charge < -0.3 is 14.5 Å². The van der Waals surface area contributed by atoms with Crippen molar-refractivity contribution in [2.24, 2.45) is 0 Å². The van der Waals surface area contributed by atoms with Crippen LogP contribution in [0.3, 0.4) is 0 Å². The standard InChI is InChI=1S/C12H21N3O2/c1-11(2,3)13-8-9-14-15-10(17-9)12(4)6-5-7-16-12/h13H,5-8H2,1-4H3. The van der Waals surface area contributed by atoms with Gasteiger partial charge in [-0.15, -0.1) is 10.2 Å². The molecule has 1 saturated heterocycles. The van der Waals surface area contributed by atoms with Crippen LogP contribution < -0.4 is 5.32 Å². The molecule has 0 spiro atoms. The monoisotopic (exact) mass is 239 g/mol. The average molecular weight is 239 g/mol. The van der Waals surface area contributed by atoms with E-state index in [1.807, 2.05) is 6.92 Å². The van der Waals surface area contributed by atoms with E-state index in [2.05, 4.69) is 36.3 Å². The van der Waals surface area contributed by atoms with Crippen molar-refractivity contribution in [2.75, 3.05) is 6.61 Å². The molecule has 1 fully saturated rings. The summed E-state index contributed by atoms with van der Waals surface area (Å²) in [5.41, 5.74) is -0.338. The zero-order valence-corrected chi connectivity index (χ0v) is 11.0. The molecule has 96 valence electrons. The molecule has 1 atom stereocenters. The van der Waals surface area contributed by atoms with Crippen molar-refractivity contribution in [2.45, 2.75) is 58.2 Å². The Hall–Kier alpha value is -0.940. The first-order valence-corrected chi connectivity index (χ1v) is 6.11. The van der Waals surface area contributed by atoms with E-state index in [0.29, 0.717) is 18.3 Å². The van der Waals surface area contributed by atoms with Crippen molar-refractivity contribution in [1.82, 2.24) is 15.5 Å². The number of hydrogen-bond donors (Lipinski definition) is 1. The second-order valence-electron chi connectivity index (χ2n) is 5.79. The highest BCUT2D eigenvalue weighted by Gasteiger charge is 2.37. The van der Waals surface area contributed by atoms with E-state index < -0.39 is 0 Å². The highest BCUT2D eigenvalue weighted by molar-refractivity contribution is 4.98. The summed E-state index contributed by atoms with van der Waals surface area (Å²) in [6.07, 6.45) is 2.00. The molecular weight excluding hydrogens is 218 g/mol. The lowest BCUT2D eigenvalue weighted by Crippen LogP contribution is -2.35. The van der Waals surface area contributed by atoms with Crippen molar-refractivity contribution in [3.05, 3.63) is 11.8 Å². The first kappa shape index (κ1) is 12.5. The molecule has 2 rings (SSSR count). The van der Waals surface area contributed by atoms with Gasteiger partial charge in [0.25, 0.3) is 0 Å². The van der Waals surface area contributed by atoms with E-state index in [1.54, 1.807) is 0 Å². The Morgan fingerprint density at radius 2 is 2.12 bits per heavy atom. The molecule has 0 amide bonds. The molecule has 5 heteroatoms. The third-order valence-corrected chi connectivity index (χ3v) is 2.91. The van der Waals surface area contributed by atoms with Crippen LogP contribution >= 0.6 is 0 Å². The fourth-order valence-electron chi connectivity index (χ4n) is 1.83. The van der Waals surface area contributed by atoms with Crippen LogP contribution in [0.25, 0.3) is 0 Å². The highest BCUT2D eigenvalue weighted by Crippen LogP contribution is 2.34. The van der Waals surface area contributed by atoms with E-state index in [4.69, 9.17) is 9.15 Å². The molecule has 0 aliphatic carbocycles. The van der Waals surface area contributed by atoms with E-state index in [9.17, 15) is 0 Å². The van der Waals surface area contributed by atoms with Gasteiger partial charge in [-0.3, -0.25) is 0 Å². The van der Waals surface area contributed by atoms with Crippen LogP contribution in [0.2, 0.25) is 0 Å². The summed E-state index contributed by atoms with van der Waals surface area (Å²) in [5.74, 6) is 1.22. The number of ether oxygens (including phenoxy) is 1. The predicted octanol–water partition coefficient (Wildman–Crippen LogP) is 1.98. The maximum Gasteiger partial charge on any atom is 0.248 e. The molecule has 2 heterocycles. The van der Waals surface area contributed by atoms with Gasteiger partial charge in [0.1, 0.15) is 5.60 Å². The molecule has 1 aromatic heterocycles. The van der Waals surface area contributed by atoms with Gasteiger partial charge in [-0.05, 0) is 40.5 Å². The smallest absolute Gasteiger partial charge is 0.248 e. The number of rotatable bonds is 3. The topological polar surface area (TPSA) is 60.2 Å². The van der Waals surface area contributed by atoms with Gasteiger partial charge in [0.2, 0.25) is 11.8 Å². The summed E-state index contributed by atoms with van der Waals surface area (Å²) in [5, 5.41) is 11.5. The first-order chi connectivity index (χ1) is 7.89. The van der Waals surface area contributed by atoms with Crippen LogP contribution in [0.15, 0.2) is 4.42 Å². The Bertz CT molecular complexity index is 375. The summed E-state index contributed by atoms with van der Waals surface area (Å²) in [7, 11) is 0. The molecule has 0 aromatic carbocycles. The summed E-state index contributed by atoms with van der Waals surface area (Å²) in [4.78, 5) is 0. The average Bonchev–Trinajstić information content (AvgIpc) is 2.83. The molecular formula is C12H21N3O2. The zero-order valence-electron chi connectivity index (χ0n) is 11.0. The van der Waals surface area contributed by atoms with Crippen molar-refractivity contribution in [1.29, 1.82) is 0 Å². The molecule has 17 heavy (non-hydrogen) atoms. The SMILES string of the molecule is CC(C)(C)NCc1nnc(C2(C)CCCO2)o1. The van der Waals surface area contributed by atoms with Crippen LogP contribution in [-0.2, 0) is 16.9 Å². The minimum absolute atomic E-state index is 0.0440. The number of aromatic nitrogens is 2. The molecule has 1 N–H and O–H groups in total. The Morgan fingerprint density at radius 1 is 1.35 bits per heavy atom. The Kier molecular flexibility index (Phi) is 3.23. The first-order valence-electron chi connectivity index (χ1n) is 6.11. The molecule has 1 aliphatic heterocycles. The van der Waals surface area contributed by atoms with Crippen LogP contribution in [0, 0.1) is 0 Å². The van der Waals surface area contributed by atoms with Crippen LogP contribution in [0.1, 0.15) is 52.3 Å². The lowest BCUT2D eigenvalue weighted by molar-refractivity contribution is -0.00625. The van der Waals surface area contributed by atoms with Crippen molar-refractivity contribution in [3.63, 3.8) is 0 Å². The van der Waals surface area contributed by atoms with Gasteiger partial charge >= 0.3 is 0 Å². The molecule has 0 bridgehead atoms. The van der Waals surface area contributed by atoms with Gasteiger partial charge in [0.05, 0.1) is 6.54 Å². The lowest BCUT2D eigenvalue weighted by atomic mass is 10.0. The number of hydrogen-bond acceptors (Lipinski definition) is 5. The third-order valence-electron chi connectivity index (χ3n) is 2.91. The maximum absolute atomic E-state index is 5.67. The Morgan fingerprint density at radius 3 is 2.71 bits per heavy atom. The Balaban J connectivity index is 2.01. The second kappa shape index (κ2) is 4.38. The van der Waals surface area contributed by atoms with Crippen LogP contribution in [0.5, 0.6) is 0 Å². The normalized spacial score (nSPS) is 25.4. The van der Waals surface area contributed by atoms with Crippen LogP contribution in [-0.4, -0.2) is 22.3 Å². The second-order valence-corrected chi connectivity index (χ2v) is 5.79. The van der Waals surface area contributed by atoms with E-state index >= 15 is 0 Å².